The van der Waals surface area contributed by atoms with Crippen molar-refractivity contribution in [3.63, 3.8) is 0 Å². The minimum Gasteiger partial charge on any atom is -0.456 e. The van der Waals surface area contributed by atoms with Gasteiger partial charge in [-0.3, -0.25) is 4.57 Å². The van der Waals surface area contributed by atoms with E-state index >= 15 is 0 Å². The Morgan fingerprint density at radius 2 is 1.37 bits per heavy atom. The van der Waals surface area contributed by atoms with Crippen LogP contribution in [0.1, 0.15) is 0 Å². The maximum atomic E-state index is 6.39. The Hall–Kier alpha value is -5.00. The lowest BCUT2D eigenvalue weighted by molar-refractivity contribution is 0.669. The summed E-state index contributed by atoms with van der Waals surface area (Å²) in [4.78, 5) is 10.7. The molecule has 0 amide bonds. The molecule has 1 aliphatic rings. The molecule has 0 bridgehead atoms. The van der Waals surface area contributed by atoms with E-state index in [0.29, 0.717) is 0 Å². The minimum atomic E-state index is -2.16. The van der Waals surface area contributed by atoms with Gasteiger partial charge in [0.1, 0.15) is 25.1 Å². The van der Waals surface area contributed by atoms with Crippen LogP contribution in [0.3, 0.4) is 0 Å². The Balaban J connectivity index is 1.52. The maximum Gasteiger partial charge on any atom is 0.162 e. The number of hydrogen-bond acceptors (Lipinski definition) is 3. The average molecular weight is 544 g/mol. The summed E-state index contributed by atoms with van der Waals surface area (Å²) in [6.45, 7) is 4.87. The molecule has 3 aromatic heterocycles. The van der Waals surface area contributed by atoms with Crippen LogP contribution in [0.2, 0.25) is 13.1 Å². The highest BCUT2D eigenvalue weighted by molar-refractivity contribution is 7.04. The monoisotopic (exact) mass is 543 g/mol. The fourth-order valence-electron chi connectivity index (χ4n) is 6.95. The topological polar surface area (TPSA) is 43.9 Å². The van der Waals surface area contributed by atoms with Crippen LogP contribution < -0.4 is 10.4 Å². The molecule has 5 aromatic carbocycles. The van der Waals surface area contributed by atoms with Crippen molar-refractivity contribution in [2.75, 3.05) is 0 Å². The molecule has 0 saturated heterocycles. The molecule has 0 unspecified atom stereocenters. The third kappa shape index (κ3) is 2.98. The van der Waals surface area contributed by atoms with E-state index in [9.17, 15) is 0 Å². The maximum absolute atomic E-state index is 6.39. The third-order valence-electron chi connectivity index (χ3n) is 8.79. The normalized spacial score (nSPS) is 13.8. The van der Waals surface area contributed by atoms with Crippen LogP contribution in [0.5, 0.6) is 0 Å². The zero-order valence-electron chi connectivity index (χ0n) is 22.7. The first kappa shape index (κ1) is 22.8. The molecule has 0 saturated carbocycles. The van der Waals surface area contributed by atoms with Gasteiger partial charge in [0.05, 0.1) is 22.1 Å². The Labute approximate surface area is 237 Å². The lowest BCUT2D eigenvalue weighted by Crippen LogP contribution is -2.51. The minimum absolute atomic E-state index is 0.746. The molecule has 5 heteroatoms. The fourth-order valence-corrected chi connectivity index (χ4v) is 10.1. The second kappa shape index (κ2) is 8.02. The quantitative estimate of drug-likeness (QED) is 0.208. The molecule has 194 valence electrons. The van der Waals surface area contributed by atoms with Gasteiger partial charge in [-0.05, 0) is 35.0 Å². The van der Waals surface area contributed by atoms with Gasteiger partial charge < -0.3 is 4.42 Å². The van der Waals surface area contributed by atoms with Gasteiger partial charge in [-0.15, -0.1) is 0 Å². The van der Waals surface area contributed by atoms with E-state index in [1.165, 1.54) is 26.7 Å². The average Bonchev–Trinajstić information content (AvgIpc) is 3.63. The molecule has 0 N–H and O–H groups in total. The third-order valence-corrected chi connectivity index (χ3v) is 12.3. The molecule has 0 spiro atoms. The van der Waals surface area contributed by atoms with Gasteiger partial charge in [0, 0.05) is 26.9 Å². The molecule has 0 radical (unpaired) electrons. The first-order valence-electron chi connectivity index (χ1n) is 14.0. The summed E-state index contributed by atoms with van der Waals surface area (Å²) >= 11 is 0. The van der Waals surface area contributed by atoms with Gasteiger partial charge in [-0.1, -0.05) is 104 Å². The molecule has 1 aliphatic heterocycles. The Morgan fingerprint density at radius 3 is 2.24 bits per heavy atom. The number of benzene rings is 5. The molecule has 4 nitrogen and oxygen atoms in total. The van der Waals surface area contributed by atoms with Gasteiger partial charge in [0.2, 0.25) is 0 Å². The van der Waals surface area contributed by atoms with Crippen LogP contribution >= 0.6 is 0 Å². The van der Waals surface area contributed by atoms with Crippen molar-refractivity contribution in [1.29, 1.82) is 0 Å². The number of aromatic nitrogens is 3. The number of hydrogen-bond donors (Lipinski definition) is 0. The number of furan rings is 1. The largest absolute Gasteiger partial charge is 0.456 e. The predicted molar refractivity (Wildman–Crippen MR) is 171 cm³/mol. The van der Waals surface area contributed by atoms with Crippen molar-refractivity contribution >= 4 is 62.2 Å². The van der Waals surface area contributed by atoms with Crippen LogP contribution in [0, 0.1) is 0 Å². The molecule has 0 fully saturated rings. The number of para-hydroxylation sites is 2. The van der Waals surface area contributed by atoms with E-state index in [2.05, 4.69) is 121 Å². The van der Waals surface area contributed by atoms with Crippen molar-refractivity contribution in [3.8, 4) is 28.5 Å². The van der Waals surface area contributed by atoms with E-state index in [1.807, 2.05) is 12.1 Å². The van der Waals surface area contributed by atoms with Crippen LogP contribution in [0.25, 0.3) is 72.2 Å². The van der Waals surface area contributed by atoms with E-state index in [0.717, 1.165) is 55.9 Å². The van der Waals surface area contributed by atoms with Crippen LogP contribution in [0.4, 0.5) is 0 Å². The van der Waals surface area contributed by atoms with Crippen molar-refractivity contribution in [2.45, 2.75) is 13.1 Å². The van der Waals surface area contributed by atoms with E-state index in [4.69, 9.17) is 14.4 Å². The highest BCUT2D eigenvalue weighted by Gasteiger charge is 2.42. The van der Waals surface area contributed by atoms with Crippen LogP contribution in [-0.4, -0.2) is 22.6 Å². The van der Waals surface area contributed by atoms with Crippen molar-refractivity contribution in [2.24, 2.45) is 0 Å². The Morgan fingerprint density at radius 1 is 0.634 bits per heavy atom. The summed E-state index contributed by atoms with van der Waals surface area (Å²) in [7, 11) is -2.16. The molecular weight excluding hydrogens is 519 g/mol. The summed E-state index contributed by atoms with van der Waals surface area (Å²) < 4.78 is 8.79. The lowest BCUT2D eigenvalue weighted by atomic mass is 10.1. The summed E-state index contributed by atoms with van der Waals surface area (Å²) in [5.41, 5.74) is 7.37. The number of fused-ring (bicyclic) bond motifs is 10. The molecular formula is C36H25N3OSi. The summed E-state index contributed by atoms with van der Waals surface area (Å²) in [5.74, 6) is 1.72. The highest BCUT2D eigenvalue weighted by Crippen LogP contribution is 2.41. The Bertz CT molecular complexity index is 2350. The summed E-state index contributed by atoms with van der Waals surface area (Å²) in [6, 6.07) is 40.5. The van der Waals surface area contributed by atoms with Gasteiger partial charge in [-0.25, -0.2) is 9.97 Å². The summed E-state index contributed by atoms with van der Waals surface area (Å²) in [6.07, 6.45) is 0. The summed E-state index contributed by atoms with van der Waals surface area (Å²) in [5, 5.41) is 7.34. The molecule has 8 aromatic rings. The predicted octanol–water partition coefficient (Wildman–Crippen LogP) is 7.94. The molecule has 4 heterocycles. The highest BCUT2D eigenvalue weighted by atomic mass is 28.3. The van der Waals surface area contributed by atoms with Gasteiger partial charge in [0.25, 0.3) is 0 Å². The zero-order valence-corrected chi connectivity index (χ0v) is 23.7. The van der Waals surface area contributed by atoms with E-state index in [1.54, 1.807) is 0 Å². The number of rotatable bonds is 2. The second-order valence-electron chi connectivity index (χ2n) is 11.4. The number of nitrogens with zero attached hydrogens (tertiary/aromatic N) is 3. The molecule has 0 atom stereocenters. The fraction of sp³-hybridized carbons (Fsp3) is 0.0556. The molecule has 0 aliphatic carbocycles. The first-order chi connectivity index (χ1) is 20.1. The Kier molecular flexibility index (Phi) is 4.46. The molecule has 41 heavy (non-hydrogen) atoms. The standard InChI is InChI=1S/C36H25N3OSi/c1-41(2)30-19-11-8-16-26(30)32-34(41)36(38-35(37-32)22-12-4-3-5-13-22)39-27-17-9-6-14-23(27)24-20-21-29-31(33(24)39)25-15-7-10-18-28(25)40-29/h3-21H,1-2H3. The van der Waals surface area contributed by atoms with Gasteiger partial charge in [0.15, 0.2) is 5.82 Å². The van der Waals surface area contributed by atoms with Crippen molar-refractivity contribution in [3.05, 3.63) is 115 Å². The van der Waals surface area contributed by atoms with E-state index < -0.39 is 8.07 Å². The van der Waals surface area contributed by atoms with E-state index in [-0.39, 0.29) is 0 Å². The van der Waals surface area contributed by atoms with Crippen molar-refractivity contribution < 1.29 is 4.42 Å². The van der Waals surface area contributed by atoms with Crippen LogP contribution in [0.15, 0.2) is 120 Å². The van der Waals surface area contributed by atoms with Gasteiger partial charge in [-0.2, -0.15) is 0 Å². The van der Waals surface area contributed by atoms with Crippen molar-refractivity contribution in [1.82, 2.24) is 14.5 Å². The smallest absolute Gasteiger partial charge is 0.162 e. The lowest BCUT2D eigenvalue weighted by Gasteiger charge is -2.22. The van der Waals surface area contributed by atoms with Crippen LogP contribution in [-0.2, 0) is 0 Å². The second-order valence-corrected chi connectivity index (χ2v) is 15.7. The van der Waals surface area contributed by atoms with Gasteiger partial charge >= 0.3 is 0 Å². The first-order valence-corrected chi connectivity index (χ1v) is 17.0. The zero-order chi connectivity index (χ0) is 27.3. The SMILES string of the molecule is C[Si]1(C)c2ccccc2-c2nc(-c3ccccc3)nc(-n3c4ccccc4c4ccc5oc6ccccc6c5c43)c21. The molecule has 9 rings (SSSR count).